The molecule has 0 radical (unpaired) electrons. The number of nitrogens with one attached hydrogen (secondary N) is 2. The molecule has 0 spiro atoms. The fourth-order valence-electron chi connectivity index (χ4n) is 2.51. The highest BCUT2D eigenvalue weighted by molar-refractivity contribution is 7.99. The summed E-state index contributed by atoms with van der Waals surface area (Å²) in [6.45, 7) is 4.16. The van der Waals surface area contributed by atoms with E-state index in [4.69, 9.17) is 4.74 Å². The first-order valence-corrected chi connectivity index (χ1v) is 8.02. The van der Waals surface area contributed by atoms with E-state index in [-0.39, 0.29) is 23.8 Å². The summed E-state index contributed by atoms with van der Waals surface area (Å²) in [5.41, 5.74) is -0.424. The van der Waals surface area contributed by atoms with Gasteiger partial charge in [-0.15, -0.1) is 0 Å². The highest BCUT2D eigenvalue weighted by Crippen LogP contribution is 2.30. The van der Waals surface area contributed by atoms with Crippen molar-refractivity contribution in [1.82, 2.24) is 10.6 Å². The molecule has 1 rings (SSSR count). The number of amides is 1. The second kappa shape index (κ2) is 8.09. The van der Waals surface area contributed by atoms with Gasteiger partial charge in [0.05, 0.1) is 18.6 Å². The van der Waals surface area contributed by atoms with Crippen LogP contribution in [0.25, 0.3) is 0 Å². The molecule has 0 saturated carbocycles. The second-order valence-corrected chi connectivity index (χ2v) is 6.26. The van der Waals surface area contributed by atoms with Gasteiger partial charge in [0.15, 0.2) is 0 Å². The van der Waals surface area contributed by atoms with Crippen LogP contribution in [-0.4, -0.2) is 62.0 Å². The van der Waals surface area contributed by atoms with E-state index in [0.29, 0.717) is 6.61 Å². The molecule has 1 saturated heterocycles. The molecular formula is C13H26N2O3S. The molecule has 2 unspecified atom stereocenters. The third-order valence-corrected chi connectivity index (χ3v) is 5.02. The lowest BCUT2D eigenvalue weighted by atomic mass is 9.78. The van der Waals surface area contributed by atoms with Crippen molar-refractivity contribution in [1.29, 1.82) is 0 Å². The van der Waals surface area contributed by atoms with Crippen LogP contribution in [0.4, 0.5) is 0 Å². The summed E-state index contributed by atoms with van der Waals surface area (Å²) in [7, 11) is 1.64. The van der Waals surface area contributed by atoms with Gasteiger partial charge in [-0.05, 0) is 39.1 Å². The van der Waals surface area contributed by atoms with Crippen molar-refractivity contribution < 1.29 is 14.6 Å². The Kier molecular flexibility index (Phi) is 7.13. The van der Waals surface area contributed by atoms with Crippen molar-refractivity contribution >= 4 is 17.7 Å². The smallest absolute Gasteiger partial charge is 0.228 e. The van der Waals surface area contributed by atoms with Gasteiger partial charge < -0.3 is 20.5 Å². The third-order valence-electron chi connectivity index (χ3n) is 3.86. The van der Waals surface area contributed by atoms with Gasteiger partial charge in [0, 0.05) is 18.4 Å². The van der Waals surface area contributed by atoms with Crippen LogP contribution < -0.4 is 10.6 Å². The maximum absolute atomic E-state index is 12.5. The van der Waals surface area contributed by atoms with Crippen molar-refractivity contribution in [2.45, 2.75) is 31.1 Å². The maximum Gasteiger partial charge on any atom is 0.228 e. The molecule has 1 aliphatic rings. The number of hydrogen-bond donors (Lipinski definition) is 3. The number of methoxy groups -OCH3 is 1. The van der Waals surface area contributed by atoms with Gasteiger partial charge in [0.1, 0.15) is 0 Å². The Hall–Kier alpha value is -0.300. The Labute approximate surface area is 119 Å². The molecular weight excluding hydrogens is 264 g/mol. The first kappa shape index (κ1) is 16.8. The Morgan fingerprint density at radius 2 is 2.16 bits per heavy atom. The van der Waals surface area contributed by atoms with E-state index >= 15 is 0 Å². The fourth-order valence-corrected chi connectivity index (χ4v) is 3.13. The predicted octanol–water partition coefficient (Wildman–Crippen LogP) is 0.231. The normalized spacial score (nSPS) is 21.7. The number of hydrogen-bond acceptors (Lipinski definition) is 5. The minimum atomic E-state index is -0.424. The molecule has 1 amide bonds. The van der Waals surface area contributed by atoms with Crippen LogP contribution in [-0.2, 0) is 9.53 Å². The highest BCUT2D eigenvalue weighted by atomic mass is 32.2. The Morgan fingerprint density at radius 3 is 2.63 bits per heavy atom. The molecule has 0 bridgehead atoms. The van der Waals surface area contributed by atoms with E-state index in [1.54, 1.807) is 18.9 Å². The molecule has 1 fully saturated rings. The van der Waals surface area contributed by atoms with Gasteiger partial charge in [-0.25, -0.2) is 0 Å². The zero-order valence-electron chi connectivity index (χ0n) is 12.1. The van der Waals surface area contributed by atoms with Crippen LogP contribution in [0, 0.1) is 5.41 Å². The molecule has 0 aromatic heterocycles. The number of piperidine rings is 1. The van der Waals surface area contributed by atoms with Gasteiger partial charge in [0.2, 0.25) is 5.91 Å². The van der Waals surface area contributed by atoms with Gasteiger partial charge in [-0.1, -0.05) is 0 Å². The van der Waals surface area contributed by atoms with Crippen LogP contribution in [0.2, 0.25) is 0 Å². The summed E-state index contributed by atoms with van der Waals surface area (Å²) in [6, 6.07) is -0.0453. The summed E-state index contributed by atoms with van der Waals surface area (Å²) < 4.78 is 5.26. The molecule has 0 aromatic carbocycles. The molecule has 6 heteroatoms. The Balaban J connectivity index is 2.66. The zero-order valence-corrected chi connectivity index (χ0v) is 12.9. The molecule has 19 heavy (non-hydrogen) atoms. The topological polar surface area (TPSA) is 70.6 Å². The van der Waals surface area contributed by atoms with Gasteiger partial charge >= 0.3 is 0 Å². The van der Waals surface area contributed by atoms with Crippen molar-refractivity contribution in [2.24, 2.45) is 5.41 Å². The van der Waals surface area contributed by atoms with E-state index < -0.39 is 5.41 Å². The molecule has 0 aromatic rings. The summed E-state index contributed by atoms with van der Waals surface area (Å²) >= 11 is 1.57. The Morgan fingerprint density at radius 1 is 1.53 bits per heavy atom. The molecule has 2 atom stereocenters. The van der Waals surface area contributed by atoms with Gasteiger partial charge in [-0.2, -0.15) is 11.8 Å². The van der Waals surface area contributed by atoms with E-state index in [9.17, 15) is 9.90 Å². The largest absolute Gasteiger partial charge is 0.395 e. The van der Waals surface area contributed by atoms with Crippen LogP contribution >= 0.6 is 11.8 Å². The minimum absolute atomic E-state index is 0.0326. The summed E-state index contributed by atoms with van der Waals surface area (Å²) in [5, 5.41) is 15.6. The molecule has 3 N–H and O–H groups in total. The highest BCUT2D eigenvalue weighted by Gasteiger charge is 2.40. The van der Waals surface area contributed by atoms with Crippen molar-refractivity contribution in [3.05, 3.63) is 0 Å². The average molecular weight is 290 g/mol. The van der Waals surface area contributed by atoms with E-state index in [2.05, 4.69) is 10.6 Å². The molecule has 112 valence electrons. The summed E-state index contributed by atoms with van der Waals surface area (Å²) in [5.74, 6) is 0.0517. The molecule has 1 heterocycles. The maximum atomic E-state index is 12.5. The number of thioether (sulfide) groups is 1. The number of aliphatic hydroxyl groups is 1. The average Bonchev–Trinajstić information content (AvgIpc) is 2.41. The number of carbonyl (C=O) groups excluding carboxylic acids is 1. The van der Waals surface area contributed by atoms with Gasteiger partial charge in [0.25, 0.3) is 0 Å². The first-order valence-electron chi connectivity index (χ1n) is 6.74. The van der Waals surface area contributed by atoms with E-state index in [1.165, 1.54) is 0 Å². The van der Waals surface area contributed by atoms with Crippen LogP contribution in [0.3, 0.4) is 0 Å². The van der Waals surface area contributed by atoms with Crippen molar-refractivity contribution in [3.8, 4) is 0 Å². The summed E-state index contributed by atoms with van der Waals surface area (Å²) in [4.78, 5) is 12.5. The predicted molar refractivity (Wildman–Crippen MR) is 78.4 cm³/mol. The molecule has 5 nitrogen and oxygen atoms in total. The SMILES string of the molecule is COCC1(C(=O)NC(C)C(CO)SC)CCNCC1. The standard InChI is InChI=1S/C13H26N2O3S/c1-10(11(8-16)19-3)15-12(17)13(9-18-2)4-6-14-7-5-13/h10-11,14,16H,4-9H2,1-3H3,(H,15,17). The summed E-state index contributed by atoms with van der Waals surface area (Å²) in [6.07, 6.45) is 3.53. The van der Waals surface area contributed by atoms with Crippen molar-refractivity contribution in [2.75, 3.05) is 39.7 Å². The lowest BCUT2D eigenvalue weighted by Crippen LogP contribution is -2.53. The monoisotopic (exact) mass is 290 g/mol. The molecule has 0 aliphatic carbocycles. The fraction of sp³-hybridized carbons (Fsp3) is 0.923. The number of ether oxygens (including phenoxy) is 1. The zero-order chi connectivity index (χ0) is 14.3. The minimum Gasteiger partial charge on any atom is -0.395 e. The van der Waals surface area contributed by atoms with Crippen molar-refractivity contribution in [3.63, 3.8) is 0 Å². The number of aliphatic hydroxyl groups excluding tert-OH is 1. The number of rotatable bonds is 7. The number of carbonyl (C=O) groups is 1. The quantitative estimate of drug-likeness (QED) is 0.626. The first-order chi connectivity index (χ1) is 9.09. The van der Waals surface area contributed by atoms with Crippen LogP contribution in [0.1, 0.15) is 19.8 Å². The van der Waals surface area contributed by atoms with Crippen LogP contribution in [0.5, 0.6) is 0 Å². The lowest BCUT2D eigenvalue weighted by Gasteiger charge is -2.37. The third kappa shape index (κ3) is 4.34. The van der Waals surface area contributed by atoms with Crippen LogP contribution in [0.15, 0.2) is 0 Å². The lowest BCUT2D eigenvalue weighted by molar-refractivity contribution is -0.136. The molecule has 1 aliphatic heterocycles. The Bertz CT molecular complexity index is 274. The van der Waals surface area contributed by atoms with E-state index in [0.717, 1.165) is 25.9 Å². The van der Waals surface area contributed by atoms with E-state index in [1.807, 2.05) is 13.2 Å². The van der Waals surface area contributed by atoms with Gasteiger partial charge in [-0.3, -0.25) is 4.79 Å². The second-order valence-electron chi connectivity index (χ2n) is 5.18.